The van der Waals surface area contributed by atoms with Gasteiger partial charge in [-0.2, -0.15) is 0 Å². The topological polar surface area (TPSA) is 87.5 Å². The third kappa shape index (κ3) is 4.71. The van der Waals surface area contributed by atoms with E-state index in [9.17, 15) is 14.9 Å². The molecule has 0 radical (unpaired) electrons. The molecule has 1 rings (SSSR count). The van der Waals surface area contributed by atoms with E-state index >= 15 is 0 Å². The molecule has 1 aromatic rings. The number of carbonyl (C=O) groups is 1. The normalized spacial score (nSPS) is 12.0. The minimum absolute atomic E-state index is 0.0735. The Morgan fingerprint density at radius 1 is 1.43 bits per heavy atom. The molecule has 0 saturated carbocycles. The van der Waals surface area contributed by atoms with Gasteiger partial charge in [0, 0.05) is 30.9 Å². The van der Waals surface area contributed by atoms with Crippen LogP contribution in [0.4, 0.5) is 11.4 Å². The highest BCUT2D eigenvalue weighted by atomic mass is 16.6. The predicted molar refractivity (Wildman–Crippen MR) is 82.7 cm³/mol. The number of nitrogens with zero attached hydrogens (tertiary/aromatic N) is 2. The van der Waals surface area contributed by atoms with Gasteiger partial charge in [-0.05, 0) is 40.1 Å². The zero-order valence-electron chi connectivity index (χ0n) is 12.8. The Balaban J connectivity index is 2.94. The number of hydrogen-bond acceptors (Lipinski definition) is 5. The maximum atomic E-state index is 12.2. The zero-order chi connectivity index (χ0) is 16.0. The van der Waals surface area contributed by atoms with Gasteiger partial charge in [-0.15, -0.1) is 0 Å². The van der Waals surface area contributed by atoms with Gasteiger partial charge in [0.05, 0.1) is 4.92 Å². The van der Waals surface area contributed by atoms with Crippen molar-refractivity contribution in [1.82, 2.24) is 10.2 Å². The van der Waals surface area contributed by atoms with E-state index in [0.29, 0.717) is 18.8 Å². The Labute approximate surface area is 124 Å². The van der Waals surface area contributed by atoms with E-state index < -0.39 is 10.8 Å². The lowest BCUT2D eigenvalue weighted by Crippen LogP contribution is -2.38. The SMILES string of the molecule is CCNc1ccc([N+](=O)[O-])c(C(=O)NCC(C)N(C)C)c1. The lowest BCUT2D eigenvalue weighted by Gasteiger charge is -2.20. The van der Waals surface area contributed by atoms with E-state index in [1.54, 1.807) is 6.07 Å². The first-order valence-corrected chi connectivity index (χ1v) is 6.83. The molecule has 0 spiro atoms. The van der Waals surface area contributed by atoms with E-state index in [-0.39, 0.29) is 17.3 Å². The van der Waals surface area contributed by atoms with Gasteiger partial charge in [-0.1, -0.05) is 0 Å². The number of likely N-dealkylation sites (N-methyl/N-ethyl adjacent to an activating group) is 1. The van der Waals surface area contributed by atoms with Crippen molar-refractivity contribution in [1.29, 1.82) is 0 Å². The van der Waals surface area contributed by atoms with Crippen molar-refractivity contribution in [3.05, 3.63) is 33.9 Å². The molecule has 1 atom stereocenters. The monoisotopic (exact) mass is 294 g/mol. The third-order valence-electron chi connectivity index (χ3n) is 3.26. The van der Waals surface area contributed by atoms with Crippen LogP contribution in [-0.2, 0) is 0 Å². The summed E-state index contributed by atoms with van der Waals surface area (Å²) >= 11 is 0. The van der Waals surface area contributed by atoms with Crippen LogP contribution in [0.5, 0.6) is 0 Å². The summed E-state index contributed by atoms with van der Waals surface area (Å²) in [6.45, 7) is 4.98. The smallest absolute Gasteiger partial charge is 0.282 e. The van der Waals surface area contributed by atoms with Crippen molar-refractivity contribution in [2.45, 2.75) is 19.9 Å². The first-order valence-electron chi connectivity index (χ1n) is 6.83. The van der Waals surface area contributed by atoms with Crippen LogP contribution in [0.25, 0.3) is 0 Å². The van der Waals surface area contributed by atoms with Crippen molar-refractivity contribution in [2.75, 3.05) is 32.5 Å². The Hall–Kier alpha value is -2.15. The van der Waals surface area contributed by atoms with Gasteiger partial charge in [0.2, 0.25) is 0 Å². The lowest BCUT2D eigenvalue weighted by atomic mass is 10.1. The molecule has 0 aliphatic carbocycles. The van der Waals surface area contributed by atoms with E-state index in [2.05, 4.69) is 10.6 Å². The van der Waals surface area contributed by atoms with Gasteiger partial charge in [-0.3, -0.25) is 14.9 Å². The van der Waals surface area contributed by atoms with Crippen molar-refractivity contribution >= 4 is 17.3 Å². The van der Waals surface area contributed by atoms with Crippen LogP contribution in [0.1, 0.15) is 24.2 Å². The number of anilines is 1. The standard InChI is InChI=1S/C14H22N4O3/c1-5-15-11-6-7-13(18(20)21)12(8-11)14(19)16-9-10(2)17(3)4/h6-8,10,15H,5,9H2,1-4H3,(H,16,19). The molecular weight excluding hydrogens is 272 g/mol. The summed E-state index contributed by atoms with van der Waals surface area (Å²) in [5.74, 6) is -0.435. The molecule has 116 valence electrons. The molecular formula is C14H22N4O3. The van der Waals surface area contributed by atoms with E-state index in [1.165, 1.54) is 12.1 Å². The second kappa shape index (κ2) is 7.58. The van der Waals surface area contributed by atoms with Crippen LogP contribution in [0.2, 0.25) is 0 Å². The zero-order valence-corrected chi connectivity index (χ0v) is 12.8. The summed E-state index contributed by atoms with van der Waals surface area (Å²) in [7, 11) is 3.82. The fourth-order valence-electron chi connectivity index (χ4n) is 1.71. The maximum Gasteiger partial charge on any atom is 0.282 e. The van der Waals surface area contributed by atoms with E-state index in [1.807, 2.05) is 32.8 Å². The van der Waals surface area contributed by atoms with Gasteiger partial charge in [0.25, 0.3) is 11.6 Å². The summed E-state index contributed by atoms with van der Waals surface area (Å²) < 4.78 is 0. The number of benzene rings is 1. The summed E-state index contributed by atoms with van der Waals surface area (Å²) in [4.78, 5) is 24.7. The maximum absolute atomic E-state index is 12.2. The van der Waals surface area contributed by atoms with Gasteiger partial charge >= 0.3 is 0 Å². The Morgan fingerprint density at radius 3 is 2.62 bits per heavy atom. The molecule has 21 heavy (non-hydrogen) atoms. The van der Waals surface area contributed by atoms with Crippen LogP contribution in [0.3, 0.4) is 0 Å². The fourth-order valence-corrected chi connectivity index (χ4v) is 1.71. The first kappa shape index (κ1) is 16.9. The highest BCUT2D eigenvalue weighted by Crippen LogP contribution is 2.22. The third-order valence-corrected chi connectivity index (χ3v) is 3.26. The first-order chi connectivity index (χ1) is 9.86. The second-order valence-corrected chi connectivity index (χ2v) is 5.04. The average molecular weight is 294 g/mol. The van der Waals surface area contributed by atoms with E-state index in [4.69, 9.17) is 0 Å². The molecule has 0 bridgehead atoms. The molecule has 0 aliphatic heterocycles. The quantitative estimate of drug-likeness (QED) is 0.590. The molecule has 0 saturated heterocycles. The Kier molecular flexibility index (Phi) is 6.10. The van der Waals surface area contributed by atoms with Crippen LogP contribution < -0.4 is 10.6 Å². The minimum atomic E-state index is -0.542. The molecule has 1 amide bonds. The van der Waals surface area contributed by atoms with Gasteiger partial charge in [0.15, 0.2) is 0 Å². The summed E-state index contributed by atoms with van der Waals surface area (Å²) in [5.41, 5.74) is 0.574. The molecule has 0 fully saturated rings. The predicted octanol–water partition coefficient (Wildman–Crippen LogP) is 1.71. The minimum Gasteiger partial charge on any atom is -0.385 e. The number of rotatable bonds is 7. The Bertz CT molecular complexity index is 517. The number of nitro benzene ring substituents is 1. The molecule has 7 nitrogen and oxygen atoms in total. The number of carbonyl (C=O) groups excluding carboxylic acids is 1. The highest BCUT2D eigenvalue weighted by Gasteiger charge is 2.21. The van der Waals surface area contributed by atoms with Crippen LogP contribution in [0.15, 0.2) is 18.2 Å². The van der Waals surface area contributed by atoms with Crippen LogP contribution >= 0.6 is 0 Å². The van der Waals surface area contributed by atoms with Crippen molar-refractivity contribution in [3.8, 4) is 0 Å². The van der Waals surface area contributed by atoms with Crippen molar-refractivity contribution in [3.63, 3.8) is 0 Å². The molecule has 0 aromatic heterocycles. The number of nitrogens with one attached hydrogen (secondary N) is 2. The summed E-state index contributed by atoms with van der Waals surface area (Å²) in [5, 5.41) is 16.8. The lowest BCUT2D eigenvalue weighted by molar-refractivity contribution is -0.385. The highest BCUT2D eigenvalue weighted by molar-refractivity contribution is 5.99. The molecule has 1 unspecified atom stereocenters. The molecule has 1 aromatic carbocycles. The number of nitro groups is 1. The van der Waals surface area contributed by atoms with Gasteiger partial charge < -0.3 is 15.5 Å². The van der Waals surface area contributed by atoms with Crippen LogP contribution in [-0.4, -0.2) is 49.0 Å². The second-order valence-electron chi connectivity index (χ2n) is 5.04. The molecule has 7 heteroatoms. The number of hydrogen-bond donors (Lipinski definition) is 2. The molecule has 0 aliphatic rings. The average Bonchev–Trinajstić information content (AvgIpc) is 2.44. The van der Waals surface area contributed by atoms with Gasteiger partial charge in [-0.25, -0.2) is 0 Å². The van der Waals surface area contributed by atoms with Crippen molar-refractivity contribution in [2.24, 2.45) is 0 Å². The molecule has 2 N–H and O–H groups in total. The Morgan fingerprint density at radius 2 is 2.10 bits per heavy atom. The number of amides is 1. The largest absolute Gasteiger partial charge is 0.385 e. The summed E-state index contributed by atoms with van der Waals surface area (Å²) in [6.07, 6.45) is 0. The van der Waals surface area contributed by atoms with Gasteiger partial charge in [0.1, 0.15) is 5.56 Å². The van der Waals surface area contributed by atoms with Crippen molar-refractivity contribution < 1.29 is 9.72 Å². The van der Waals surface area contributed by atoms with Crippen LogP contribution in [0, 0.1) is 10.1 Å². The van der Waals surface area contributed by atoms with E-state index in [0.717, 1.165) is 0 Å². The summed E-state index contributed by atoms with van der Waals surface area (Å²) in [6, 6.07) is 4.60. The fraction of sp³-hybridized carbons (Fsp3) is 0.500. The molecule has 0 heterocycles.